The summed E-state index contributed by atoms with van der Waals surface area (Å²) >= 11 is 6.29. The average Bonchev–Trinajstić information content (AvgIpc) is 3.18. The molecule has 0 aliphatic carbocycles. The summed E-state index contributed by atoms with van der Waals surface area (Å²) in [5, 5.41) is 0.968. The van der Waals surface area contributed by atoms with Crippen LogP contribution in [0.25, 0.3) is 10.9 Å². The standard InChI is InChI=1S/C23H19ClF2N2O2/c1-13-9-21(30-12-17-3-5-18(25)11-19(17)26)22(24)23(29)28(13)14(2)15-4-6-20-16(10-15)7-8-27-20/h3-11,14,27H,12H2,1-2H3. The van der Waals surface area contributed by atoms with Gasteiger partial charge >= 0.3 is 0 Å². The fourth-order valence-electron chi connectivity index (χ4n) is 3.56. The van der Waals surface area contributed by atoms with Crippen molar-refractivity contribution in [2.45, 2.75) is 26.5 Å². The van der Waals surface area contributed by atoms with E-state index in [9.17, 15) is 13.6 Å². The number of aromatic amines is 1. The van der Waals surface area contributed by atoms with Crippen LogP contribution >= 0.6 is 11.6 Å². The first kappa shape index (κ1) is 20.2. The van der Waals surface area contributed by atoms with Crippen molar-refractivity contribution in [1.82, 2.24) is 9.55 Å². The lowest BCUT2D eigenvalue weighted by Gasteiger charge is -2.20. The molecule has 2 heterocycles. The van der Waals surface area contributed by atoms with Gasteiger partial charge in [-0.25, -0.2) is 8.78 Å². The van der Waals surface area contributed by atoms with Crippen molar-refractivity contribution in [2.24, 2.45) is 0 Å². The van der Waals surface area contributed by atoms with E-state index in [1.54, 1.807) is 17.6 Å². The molecule has 1 N–H and O–H groups in total. The Balaban J connectivity index is 1.64. The highest BCUT2D eigenvalue weighted by Crippen LogP contribution is 2.28. The number of hydrogen-bond acceptors (Lipinski definition) is 2. The van der Waals surface area contributed by atoms with E-state index in [-0.39, 0.29) is 29.0 Å². The van der Waals surface area contributed by atoms with Gasteiger partial charge in [-0.3, -0.25) is 4.79 Å². The zero-order valence-electron chi connectivity index (χ0n) is 16.4. The topological polar surface area (TPSA) is 47.0 Å². The van der Waals surface area contributed by atoms with E-state index in [0.29, 0.717) is 5.69 Å². The van der Waals surface area contributed by atoms with Gasteiger partial charge in [0.05, 0.1) is 6.04 Å². The Bertz CT molecular complexity index is 1300. The molecule has 154 valence electrons. The molecule has 30 heavy (non-hydrogen) atoms. The largest absolute Gasteiger partial charge is 0.487 e. The molecule has 1 atom stereocenters. The number of ether oxygens (including phenoxy) is 1. The summed E-state index contributed by atoms with van der Waals surface area (Å²) in [7, 11) is 0. The Morgan fingerprint density at radius 3 is 2.70 bits per heavy atom. The van der Waals surface area contributed by atoms with Gasteiger partial charge in [-0.15, -0.1) is 0 Å². The zero-order valence-corrected chi connectivity index (χ0v) is 17.1. The minimum absolute atomic E-state index is 0.0855. The number of H-pyrrole nitrogens is 1. The molecule has 7 heteroatoms. The Labute approximate surface area is 176 Å². The van der Waals surface area contributed by atoms with E-state index in [0.717, 1.165) is 28.6 Å². The Hall–Kier alpha value is -3.12. The maximum Gasteiger partial charge on any atom is 0.273 e. The first-order valence-corrected chi connectivity index (χ1v) is 9.78. The molecule has 1 unspecified atom stereocenters. The molecule has 2 aromatic carbocycles. The number of halogens is 3. The third-order valence-electron chi connectivity index (χ3n) is 5.19. The van der Waals surface area contributed by atoms with Crippen molar-refractivity contribution in [3.8, 4) is 5.75 Å². The molecule has 2 aromatic heterocycles. The van der Waals surface area contributed by atoms with Crippen molar-refractivity contribution < 1.29 is 13.5 Å². The Morgan fingerprint density at radius 2 is 1.93 bits per heavy atom. The SMILES string of the molecule is Cc1cc(OCc2ccc(F)cc2F)c(Cl)c(=O)n1C(C)c1ccc2[nH]ccc2c1. The highest BCUT2D eigenvalue weighted by molar-refractivity contribution is 6.31. The molecule has 0 spiro atoms. The molecular formula is C23H19ClF2N2O2. The van der Waals surface area contributed by atoms with Crippen LogP contribution in [0, 0.1) is 18.6 Å². The van der Waals surface area contributed by atoms with Crippen LogP contribution in [0.1, 0.15) is 29.8 Å². The number of aryl methyl sites for hydroxylation is 1. The summed E-state index contributed by atoms with van der Waals surface area (Å²) in [5.41, 5.74) is 2.41. The highest BCUT2D eigenvalue weighted by Gasteiger charge is 2.18. The van der Waals surface area contributed by atoms with Crippen molar-refractivity contribution in [2.75, 3.05) is 0 Å². The van der Waals surface area contributed by atoms with Crippen LogP contribution in [0.2, 0.25) is 5.02 Å². The maximum absolute atomic E-state index is 13.8. The molecule has 0 radical (unpaired) electrons. The molecule has 0 aliphatic rings. The van der Waals surface area contributed by atoms with Gasteiger partial charge in [0.2, 0.25) is 0 Å². The zero-order chi connectivity index (χ0) is 21.4. The normalized spacial score (nSPS) is 12.3. The van der Waals surface area contributed by atoms with Crippen LogP contribution in [0.5, 0.6) is 5.75 Å². The van der Waals surface area contributed by atoms with Crippen LogP contribution in [0.3, 0.4) is 0 Å². The fourth-order valence-corrected chi connectivity index (χ4v) is 3.76. The highest BCUT2D eigenvalue weighted by atomic mass is 35.5. The van der Waals surface area contributed by atoms with E-state index in [1.807, 2.05) is 37.4 Å². The summed E-state index contributed by atoms with van der Waals surface area (Å²) in [6.07, 6.45) is 1.86. The molecule has 4 nitrogen and oxygen atoms in total. The third kappa shape index (κ3) is 3.71. The van der Waals surface area contributed by atoms with E-state index < -0.39 is 17.2 Å². The van der Waals surface area contributed by atoms with Crippen molar-refractivity contribution >= 4 is 22.5 Å². The molecule has 0 fully saturated rings. The van der Waals surface area contributed by atoms with Gasteiger partial charge in [0.15, 0.2) is 0 Å². The van der Waals surface area contributed by atoms with Crippen LogP contribution in [0.4, 0.5) is 8.78 Å². The molecule has 4 aromatic rings. The van der Waals surface area contributed by atoms with Crippen LogP contribution in [-0.2, 0) is 6.61 Å². The Kier molecular flexibility index (Phi) is 5.35. The fraction of sp³-hybridized carbons (Fsp3) is 0.174. The molecule has 0 bridgehead atoms. The summed E-state index contributed by atoms with van der Waals surface area (Å²) in [5.74, 6) is -1.23. The number of nitrogens with zero attached hydrogens (tertiary/aromatic N) is 1. The summed E-state index contributed by atoms with van der Waals surface area (Å²) in [6, 6.07) is 12.6. The number of aromatic nitrogens is 2. The number of nitrogens with one attached hydrogen (secondary N) is 1. The molecule has 4 rings (SSSR count). The van der Waals surface area contributed by atoms with E-state index in [4.69, 9.17) is 16.3 Å². The molecule has 0 saturated heterocycles. The second-order valence-corrected chi connectivity index (χ2v) is 7.54. The second-order valence-electron chi connectivity index (χ2n) is 7.16. The predicted octanol–water partition coefficient (Wildman–Crippen LogP) is 5.76. The number of benzene rings is 2. The number of rotatable bonds is 5. The third-order valence-corrected chi connectivity index (χ3v) is 5.54. The van der Waals surface area contributed by atoms with Gasteiger partial charge in [0, 0.05) is 35.1 Å². The van der Waals surface area contributed by atoms with Gasteiger partial charge in [0.25, 0.3) is 5.56 Å². The molecule has 0 saturated carbocycles. The van der Waals surface area contributed by atoms with Crippen molar-refractivity contribution in [3.05, 3.63) is 98.6 Å². The van der Waals surface area contributed by atoms with Gasteiger partial charge in [-0.1, -0.05) is 17.7 Å². The predicted molar refractivity (Wildman–Crippen MR) is 113 cm³/mol. The molecular weight excluding hydrogens is 410 g/mol. The van der Waals surface area contributed by atoms with Crippen LogP contribution < -0.4 is 10.3 Å². The van der Waals surface area contributed by atoms with E-state index >= 15 is 0 Å². The summed E-state index contributed by atoms with van der Waals surface area (Å²) in [4.78, 5) is 16.1. The van der Waals surface area contributed by atoms with Gasteiger partial charge in [-0.2, -0.15) is 0 Å². The van der Waals surface area contributed by atoms with Gasteiger partial charge in [-0.05, 0) is 55.1 Å². The van der Waals surface area contributed by atoms with Gasteiger partial charge < -0.3 is 14.3 Å². The molecule has 0 aliphatic heterocycles. The van der Waals surface area contributed by atoms with Crippen molar-refractivity contribution in [1.29, 1.82) is 0 Å². The quantitative estimate of drug-likeness (QED) is 0.439. The van der Waals surface area contributed by atoms with E-state index in [2.05, 4.69) is 4.98 Å². The lowest BCUT2D eigenvalue weighted by atomic mass is 10.1. The number of hydrogen-bond donors (Lipinski definition) is 1. The van der Waals surface area contributed by atoms with Crippen LogP contribution in [-0.4, -0.2) is 9.55 Å². The lowest BCUT2D eigenvalue weighted by molar-refractivity contribution is 0.297. The van der Waals surface area contributed by atoms with E-state index in [1.165, 1.54) is 6.07 Å². The minimum atomic E-state index is -0.718. The first-order valence-electron chi connectivity index (χ1n) is 9.40. The monoisotopic (exact) mass is 428 g/mol. The number of fused-ring (bicyclic) bond motifs is 1. The first-order chi connectivity index (χ1) is 14.3. The molecule has 0 amide bonds. The Morgan fingerprint density at radius 1 is 1.13 bits per heavy atom. The summed E-state index contributed by atoms with van der Waals surface area (Å²) < 4.78 is 34.1. The smallest absolute Gasteiger partial charge is 0.273 e. The summed E-state index contributed by atoms with van der Waals surface area (Å²) in [6.45, 7) is 3.54. The minimum Gasteiger partial charge on any atom is -0.487 e. The average molecular weight is 429 g/mol. The maximum atomic E-state index is 13.8. The van der Waals surface area contributed by atoms with Crippen molar-refractivity contribution in [3.63, 3.8) is 0 Å². The lowest BCUT2D eigenvalue weighted by Crippen LogP contribution is -2.27. The number of pyridine rings is 1. The van der Waals surface area contributed by atoms with Gasteiger partial charge in [0.1, 0.15) is 29.0 Å². The second kappa shape index (κ2) is 7.95. The van der Waals surface area contributed by atoms with Crippen LogP contribution in [0.15, 0.2) is 59.5 Å².